The Morgan fingerprint density at radius 2 is 1.96 bits per heavy atom. The molecule has 2 aromatic carbocycles. The van der Waals surface area contributed by atoms with Gasteiger partial charge in [0.05, 0.1) is 18.3 Å². The van der Waals surface area contributed by atoms with Crippen LogP contribution in [0, 0.1) is 0 Å². The van der Waals surface area contributed by atoms with Gasteiger partial charge in [-0.15, -0.1) is 11.3 Å². The van der Waals surface area contributed by atoms with E-state index in [-0.39, 0.29) is 12.3 Å². The van der Waals surface area contributed by atoms with Crippen LogP contribution in [0.15, 0.2) is 63.5 Å². The lowest BCUT2D eigenvalue weighted by atomic mass is 10.2. The number of ether oxygens (including phenoxy) is 1. The Kier molecular flexibility index (Phi) is 6.56. The third kappa shape index (κ3) is 6.19. The molecule has 0 aliphatic rings. The highest BCUT2D eigenvalue weighted by Crippen LogP contribution is 2.15. The molecule has 0 spiro atoms. The molecule has 3 rings (SSSR count). The molecule has 1 aromatic heterocycles. The second-order valence-corrected chi connectivity index (χ2v) is 7.44. The van der Waals surface area contributed by atoms with E-state index in [2.05, 4.69) is 31.4 Å². The molecule has 0 bridgehead atoms. The fourth-order valence-electron chi connectivity index (χ4n) is 2.18. The zero-order valence-electron chi connectivity index (χ0n) is 14.3. The Bertz CT molecular complexity index is 924. The Balaban J connectivity index is 1.46. The molecule has 0 unspecified atom stereocenters. The quantitative estimate of drug-likeness (QED) is 0.428. The van der Waals surface area contributed by atoms with E-state index in [1.807, 2.05) is 48.5 Å². The van der Waals surface area contributed by atoms with Gasteiger partial charge < -0.3 is 10.5 Å². The van der Waals surface area contributed by atoms with Crippen LogP contribution in [-0.4, -0.2) is 17.1 Å². The Morgan fingerprint density at radius 3 is 2.63 bits per heavy atom. The van der Waals surface area contributed by atoms with E-state index in [4.69, 9.17) is 10.5 Å². The van der Waals surface area contributed by atoms with Crippen molar-refractivity contribution in [2.75, 3.05) is 5.73 Å². The SMILES string of the molecule is Nc1nc(CC(=O)N/N=C/c2ccc(OCc3ccc(Br)cc3)cc2)cs1. The first-order valence-corrected chi connectivity index (χ1v) is 9.75. The summed E-state index contributed by atoms with van der Waals surface area (Å²) in [6.45, 7) is 0.498. The van der Waals surface area contributed by atoms with Gasteiger partial charge in [-0.2, -0.15) is 5.10 Å². The zero-order chi connectivity index (χ0) is 19.1. The number of nitrogen functional groups attached to an aromatic ring is 1. The number of benzene rings is 2. The van der Waals surface area contributed by atoms with Gasteiger partial charge >= 0.3 is 0 Å². The van der Waals surface area contributed by atoms with Crippen LogP contribution in [0.3, 0.4) is 0 Å². The standard InChI is InChI=1S/C19H17BrN4O2S/c20-15-5-1-14(2-6-15)11-26-17-7-3-13(4-8-17)10-22-24-18(25)9-16-12-27-19(21)23-16/h1-8,10,12H,9,11H2,(H2,21,23)(H,24,25)/b22-10+. The van der Waals surface area contributed by atoms with Crippen LogP contribution < -0.4 is 15.9 Å². The number of nitrogens with two attached hydrogens (primary N) is 1. The van der Waals surface area contributed by atoms with Gasteiger partial charge in [-0.1, -0.05) is 28.1 Å². The molecule has 8 heteroatoms. The van der Waals surface area contributed by atoms with Gasteiger partial charge in [0, 0.05) is 9.85 Å². The van der Waals surface area contributed by atoms with Crippen molar-refractivity contribution < 1.29 is 9.53 Å². The molecule has 0 saturated carbocycles. The molecule has 1 heterocycles. The van der Waals surface area contributed by atoms with Gasteiger partial charge in [0.25, 0.3) is 0 Å². The van der Waals surface area contributed by atoms with E-state index in [0.29, 0.717) is 17.4 Å². The van der Waals surface area contributed by atoms with Crippen LogP contribution in [0.4, 0.5) is 5.13 Å². The fraction of sp³-hybridized carbons (Fsp3) is 0.105. The second-order valence-electron chi connectivity index (χ2n) is 5.63. The molecule has 138 valence electrons. The van der Waals surface area contributed by atoms with Crippen LogP contribution in [0.5, 0.6) is 5.75 Å². The first kappa shape index (κ1) is 19.1. The van der Waals surface area contributed by atoms with Crippen molar-refractivity contribution in [3.63, 3.8) is 0 Å². The van der Waals surface area contributed by atoms with E-state index < -0.39 is 0 Å². The van der Waals surface area contributed by atoms with E-state index in [1.165, 1.54) is 11.3 Å². The number of rotatable bonds is 7. The number of aromatic nitrogens is 1. The van der Waals surface area contributed by atoms with Crippen LogP contribution in [0.2, 0.25) is 0 Å². The third-order valence-corrected chi connectivity index (χ3v) is 4.76. The largest absolute Gasteiger partial charge is 0.489 e. The highest BCUT2D eigenvalue weighted by atomic mass is 79.9. The molecule has 3 N–H and O–H groups in total. The number of amides is 1. The van der Waals surface area contributed by atoms with E-state index in [1.54, 1.807) is 11.6 Å². The van der Waals surface area contributed by atoms with Crippen molar-refractivity contribution in [3.8, 4) is 5.75 Å². The second kappa shape index (κ2) is 9.29. The Morgan fingerprint density at radius 1 is 1.22 bits per heavy atom. The lowest BCUT2D eigenvalue weighted by Gasteiger charge is -2.06. The molecular formula is C19H17BrN4O2S. The first-order valence-electron chi connectivity index (χ1n) is 8.07. The molecular weight excluding hydrogens is 428 g/mol. The molecule has 0 saturated heterocycles. The summed E-state index contributed by atoms with van der Waals surface area (Å²) in [5, 5.41) is 6.15. The van der Waals surface area contributed by atoms with Gasteiger partial charge in [0.15, 0.2) is 5.13 Å². The maximum Gasteiger partial charge on any atom is 0.246 e. The summed E-state index contributed by atoms with van der Waals surface area (Å²) >= 11 is 4.71. The minimum absolute atomic E-state index is 0.147. The molecule has 27 heavy (non-hydrogen) atoms. The van der Waals surface area contributed by atoms with E-state index >= 15 is 0 Å². The summed E-state index contributed by atoms with van der Waals surface area (Å²) in [6.07, 6.45) is 1.72. The maximum absolute atomic E-state index is 11.8. The minimum atomic E-state index is -0.244. The van der Waals surface area contributed by atoms with Gasteiger partial charge in [-0.05, 0) is 47.5 Å². The predicted octanol–water partition coefficient (Wildman–Crippen LogP) is 3.76. The predicted molar refractivity (Wildman–Crippen MR) is 111 cm³/mol. The molecule has 3 aromatic rings. The van der Waals surface area contributed by atoms with Crippen molar-refractivity contribution in [2.24, 2.45) is 5.10 Å². The molecule has 0 fully saturated rings. The summed E-state index contributed by atoms with van der Waals surface area (Å²) in [7, 11) is 0. The topological polar surface area (TPSA) is 89.6 Å². The number of nitrogens with zero attached hydrogens (tertiary/aromatic N) is 2. The van der Waals surface area contributed by atoms with Crippen molar-refractivity contribution >= 4 is 44.5 Å². The number of nitrogens with one attached hydrogen (secondary N) is 1. The molecule has 0 radical (unpaired) electrons. The van der Waals surface area contributed by atoms with E-state index in [0.717, 1.165) is 21.3 Å². The van der Waals surface area contributed by atoms with Crippen LogP contribution in [0.25, 0.3) is 0 Å². The smallest absolute Gasteiger partial charge is 0.246 e. The summed E-state index contributed by atoms with van der Waals surface area (Å²) in [4.78, 5) is 15.8. The van der Waals surface area contributed by atoms with Gasteiger partial charge in [-0.25, -0.2) is 10.4 Å². The van der Waals surface area contributed by atoms with Gasteiger partial charge in [0.1, 0.15) is 12.4 Å². The Labute approximate surface area is 169 Å². The summed E-state index contributed by atoms with van der Waals surface area (Å²) < 4.78 is 6.79. The Hall–Kier alpha value is -2.71. The monoisotopic (exact) mass is 444 g/mol. The number of hydrazone groups is 1. The number of carbonyl (C=O) groups excluding carboxylic acids is 1. The lowest BCUT2D eigenvalue weighted by Crippen LogP contribution is -2.19. The number of hydrogen-bond acceptors (Lipinski definition) is 6. The average molecular weight is 445 g/mol. The van der Waals surface area contributed by atoms with Gasteiger partial charge in [0.2, 0.25) is 5.91 Å². The van der Waals surface area contributed by atoms with Crippen LogP contribution >= 0.6 is 27.3 Å². The molecule has 0 atom stereocenters. The highest BCUT2D eigenvalue weighted by molar-refractivity contribution is 9.10. The number of anilines is 1. The van der Waals surface area contributed by atoms with Crippen LogP contribution in [0.1, 0.15) is 16.8 Å². The van der Waals surface area contributed by atoms with Crippen molar-refractivity contribution in [2.45, 2.75) is 13.0 Å². The van der Waals surface area contributed by atoms with Crippen molar-refractivity contribution in [1.82, 2.24) is 10.4 Å². The molecule has 6 nitrogen and oxygen atoms in total. The number of halogens is 1. The maximum atomic E-state index is 11.8. The number of thiazole rings is 1. The summed E-state index contributed by atoms with van der Waals surface area (Å²) in [5.74, 6) is 0.520. The van der Waals surface area contributed by atoms with Gasteiger partial charge in [-0.3, -0.25) is 4.79 Å². The normalized spacial score (nSPS) is 10.9. The van der Waals surface area contributed by atoms with Crippen molar-refractivity contribution in [3.05, 3.63) is 75.2 Å². The minimum Gasteiger partial charge on any atom is -0.489 e. The fourth-order valence-corrected chi connectivity index (χ4v) is 3.01. The van der Waals surface area contributed by atoms with Crippen LogP contribution in [-0.2, 0) is 17.8 Å². The number of carbonyl (C=O) groups is 1. The third-order valence-electron chi connectivity index (χ3n) is 3.51. The number of hydrogen-bond donors (Lipinski definition) is 2. The molecule has 1 amide bonds. The summed E-state index contributed by atoms with van der Waals surface area (Å²) in [6, 6.07) is 15.4. The zero-order valence-corrected chi connectivity index (χ0v) is 16.7. The lowest BCUT2D eigenvalue weighted by molar-refractivity contribution is -0.120. The van der Waals surface area contributed by atoms with Crippen molar-refractivity contribution in [1.29, 1.82) is 0 Å². The van der Waals surface area contributed by atoms with E-state index in [9.17, 15) is 4.79 Å². The highest BCUT2D eigenvalue weighted by Gasteiger charge is 2.05. The molecule has 0 aliphatic carbocycles. The average Bonchev–Trinajstić information content (AvgIpc) is 3.07. The first-order chi connectivity index (χ1) is 13.1. The summed E-state index contributed by atoms with van der Waals surface area (Å²) in [5.41, 5.74) is 10.6. The molecule has 0 aliphatic heterocycles.